The largest absolute Gasteiger partial charge is 0.315 e. The fraction of sp³-hybridized carbons (Fsp3) is 0.250. The minimum Gasteiger partial charge on any atom is -0.315 e. The SMILES string of the molecule is CCCn1c(-c2ccccc2)cnc1Cl. The second-order valence-corrected chi connectivity index (χ2v) is 3.77. The standard InChI is InChI=1S/C12H13ClN2/c1-2-8-15-11(9-14-12(15)13)10-6-4-3-5-7-10/h3-7,9H,2,8H2,1H3. The second-order valence-electron chi connectivity index (χ2n) is 3.43. The molecule has 3 heteroatoms. The van der Waals surface area contributed by atoms with Gasteiger partial charge in [-0.05, 0) is 23.6 Å². The molecule has 0 atom stereocenters. The second kappa shape index (κ2) is 4.49. The van der Waals surface area contributed by atoms with Gasteiger partial charge in [-0.15, -0.1) is 0 Å². The molecule has 0 aliphatic carbocycles. The van der Waals surface area contributed by atoms with Crippen LogP contribution in [0.3, 0.4) is 0 Å². The Morgan fingerprint density at radius 2 is 2.00 bits per heavy atom. The number of rotatable bonds is 3. The predicted octanol–water partition coefficient (Wildman–Crippen LogP) is 3.61. The Hall–Kier alpha value is -1.28. The van der Waals surface area contributed by atoms with Crippen molar-refractivity contribution in [2.45, 2.75) is 19.9 Å². The Bertz CT molecular complexity index is 434. The zero-order chi connectivity index (χ0) is 10.7. The highest BCUT2D eigenvalue weighted by Gasteiger charge is 2.08. The van der Waals surface area contributed by atoms with Crippen LogP contribution in [0, 0.1) is 0 Å². The predicted molar refractivity (Wildman–Crippen MR) is 63.0 cm³/mol. The Kier molecular flexibility index (Phi) is 3.07. The van der Waals surface area contributed by atoms with Crippen molar-refractivity contribution in [1.29, 1.82) is 0 Å². The van der Waals surface area contributed by atoms with Gasteiger partial charge in [0.1, 0.15) is 0 Å². The van der Waals surface area contributed by atoms with Gasteiger partial charge in [-0.25, -0.2) is 4.98 Å². The number of aromatic nitrogens is 2. The van der Waals surface area contributed by atoms with Crippen LogP contribution in [0.4, 0.5) is 0 Å². The van der Waals surface area contributed by atoms with Gasteiger partial charge in [0.25, 0.3) is 0 Å². The number of nitrogens with zero attached hydrogens (tertiary/aromatic N) is 2. The summed E-state index contributed by atoms with van der Waals surface area (Å²) >= 11 is 6.03. The number of hydrogen-bond acceptors (Lipinski definition) is 1. The highest BCUT2D eigenvalue weighted by molar-refractivity contribution is 6.28. The van der Waals surface area contributed by atoms with Crippen LogP contribution >= 0.6 is 11.6 Å². The molecule has 0 fully saturated rings. The maximum atomic E-state index is 6.03. The van der Waals surface area contributed by atoms with E-state index in [0.717, 1.165) is 24.2 Å². The highest BCUT2D eigenvalue weighted by Crippen LogP contribution is 2.22. The fourth-order valence-corrected chi connectivity index (χ4v) is 1.85. The molecule has 0 saturated carbocycles. The summed E-state index contributed by atoms with van der Waals surface area (Å²) in [5.41, 5.74) is 2.24. The third-order valence-electron chi connectivity index (χ3n) is 2.32. The van der Waals surface area contributed by atoms with Gasteiger partial charge in [0.05, 0.1) is 11.9 Å². The fourth-order valence-electron chi connectivity index (χ4n) is 1.63. The molecule has 0 unspecified atom stereocenters. The van der Waals surface area contributed by atoms with Crippen molar-refractivity contribution in [2.24, 2.45) is 0 Å². The summed E-state index contributed by atoms with van der Waals surface area (Å²) in [5.74, 6) is 0. The van der Waals surface area contributed by atoms with Crippen LogP contribution < -0.4 is 0 Å². The molecule has 1 aromatic heterocycles. The summed E-state index contributed by atoms with van der Waals surface area (Å²) in [6, 6.07) is 10.2. The Labute approximate surface area is 94.5 Å². The first-order chi connectivity index (χ1) is 7.33. The minimum absolute atomic E-state index is 0.565. The summed E-state index contributed by atoms with van der Waals surface area (Å²) < 4.78 is 2.04. The van der Waals surface area contributed by atoms with Crippen molar-refractivity contribution in [1.82, 2.24) is 9.55 Å². The van der Waals surface area contributed by atoms with E-state index in [4.69, 9.17) is 11.6 Å². The van der Waals surface area contributed by atoms with Gasteiger partial charge in [0.2, 0.25) is 5.28 Å². The molecule has 0 N–H and O–H groups in total. The van der Waals surface area contributed by atoms with Gasteiger partial charge in [-0.1, -0.05) is 37.3 Å². The van der Waals surface area contributed by atoms with Gasteiger partial charge < -0.3 is 4.57 Å². The van der Waals surface area contributed by atoms with Crippen LogP contribution in [0.5, 0.6) is 0 Å². The number of imidazole rings is 1. The summed E-state index contributed by atoms with van der Waals surface area (Å²) in [7, 11) is 0. The quantitative estimate of drug-likeness (QED) is 0.773. The first kappa shape index (κ1) is 10.2. The lowest BCUT2D eigenvalue weighted by Gasteiger charge is -2.07. The normalized spacial score (nSPS) is 10.5. The van der Waals surface area contributed by atoms with E-state index in [9.17, 15) is 0 Å². The highest BCUT2D eigenvalue weighted by atomic mass is 35.5. The lowest BCUT2D eigenvalue weighted by Crippen LogP contribution is -1.99. The number of benzene rings is 1. The molecule has 2 aromatic rings. The molecule has 0 radical (unpaired) electrons. The van der Waals surface area contributed by atoms with Gasteiger partial charge in [0.15, 0.2) is 0 Å². The average molecular weight is 221 g/mol. The number of hydrogen-bond donors (Lipinski definition) is 0. The first-order valence-electron chi connectivity index (χ1n) is 5.09. The Morgan fingerprint density at radius 3 is 2.67 bits per heavy atom. The van der Waals surface area contributed by atoms with Crippen molar-refractivity contribution in [2.75, 3.05) is 0 Å². The van der Waals surface area contributed by atoms with Crippen molar-refractivity contribution in [3.05, 3.63) is 41.8 Å². The molecule has 1 heterocycles. The smallest absolute Gasteiger partial charge is 0.203 e. The summed E-state index contributed by atoms with van der Waals surface area (Å²) in [6.45, 7) is 3.04. The zero-order valence-corrected chi connectivity index (χ0v) is 9.41. The molecule has 15 heavy (non-hydrogen) atoms. The van der Waals surface area contributed by atoms with Crippen molar-refractivity contribution in [3.63, 3.8) is 0 Å². The summed E-state index contributed by atoms with van der Waals surface area (Å²) in [5, 5.41) is 0.565. The molecular weight excluding hydrogens is 208 g/mol. The molecule has 0 aliphatic rings. The molecule has 0 aliphatic heterocycles. The van der Waals surface area contributed by atoms with Crippen molar-refractivity contribution < 1.29 is 0 Å². The molecule has 1 aromatic carbocycles. The molecule has 0 spiro atoms. The van der Waals surface area contributed by atoms with E-state index in [1.54, 1.807) is 0 Å². The van der Waals surface area contributed by atoms with E-state index in [-0.39, 0.29) is 0 Å². The van der Waals surface area contributed by atoms with Crippen LogP contribution in [-0.4, -0.2) is 9.55 Å². The van der Waals surface area contributed by atoms with E-state index in [1.165, 1.54) is 0 Å². The maximum absolute atomic E-state index is 6.03. The van der Waals surface area contributed by atoms with E-state index in [0.29, 0.717) is 5.28 Å². The van der Waals surface area contributed by atoms with E-state index < -0.39 is 0 Å². The minimum atomic E-state index is 0.565. The van der Waals surface area contributed by atoms with Gasteiger partial charge >= 0.3 is 0 Å². The van der Waals surface area contributed by atoms with E-state index in [2.05, 4.69) is 24.0 Å². The monoisotopic (exact) mass is 220 g/mol. The van der Waals surface area contributed by atoms with Gasteiger partial charge in [-0.3, -0.25) is 0 Å². The van der Waals surface area contributed by atoms with Crippen LogP contribution in [0.25, 0.3) is 11.3 Å². The van der Waals surface area contributed by atoms with Crippen LogP contribution in [0.2, 0.25) is 5.28 Å². The molecular formula is C12H13ClN2. The third-order valence-corrected chi connectivity index (χ3v) is 2.63. The first-order valence-corrected chi connectivity index (χ1v) is 5.47. The number of halogens is 1. The topological polar surface area (TPSA) is 17.8 Å². The van der Waals surface area contributed by atoms with Crippen LogP contribution in [0.15, 0.2) is 36.5 Å². The Balaban J connectivity index is 2.44. The molecule has 0 bridgehead atoms. The summed E-state index contributed by atoms with van der Waals surface area (Å²) in [4.78, 5) is 4.14. The molecule has 2 rings (SSSR count). The lowest BCUT2D eigenvalue weighted by molar-refractivity contribution is 0.685. The maximum Gasteiger partial charge on any atom is 0.203 e. The Morgan fingerprint density at radius 1 is 1.27 bits per heavy atom. The van der Waals surface area contributed by atoms with Crippen LogP contribution in [-0.2, 0) is 6.54 Å². The van der Waals surface area contributed by atoms with Crippen molar-refractivity contribution >= 4 is 11.6 Å². The average Bonchev–Trinajstić information content (AvgIpc) is 2.63. The van der Waals surface area contributed by atoms with E-state index in [1.807, 2.05) is 29.0 Å². The van der Waals surface area contributed by atoms with Crippen LogP contribution in [0.1, 0.15) is 13.3 Å². The zero-order valence-electron chi connectivity index (χ0n) is 8.65. The summed E-state index contributed by atoms with van der Waals surface area (Å²) in [6.07, 6.45) is 2.88. The molecule has 2 nitrogen and oxygen atoms in total. The molecule has 78 valence electrons. The molecule has 0 amide bonds. The lowest BCUT2D eigenvalue weighted by atomic mass is 10.2. The van der Waals surface area contributed by atoms with Crippen molar-refractivity contribution in [3.8, 4) is 11.3 Å². The van der Waals surface area contributed by atoms with Gasteiger partial charge in [-0.2, -0.15) is 0 Å². The van der Waals surface area contributed by atoms with E-state index >= 15 is 0 Å². The molecule has 0 saturated heterocycles. The third kappa shape index (κ3) is 2.05. The van der Waals surface area contributed by atoms with Gasteiger partial charge in [0, 0.05) is 6.54 Å².